The Morgan fingerprint density at radius 2 is 2.17 bits per heavy atom. The van der Waals surface area contributed by atoms with Crippen molar-refractivity contribution in [2.45, 2.75) is 45.6 Å². The predicted octanol–water partition coefficient (Wildman–Crippen LogP) is 2.45. The standard InChI is InChI=1S/C14H27N3O/c1-5-13-12(11-17(3)16-13)14(15-6-2)9-7-8-10-18-4/h11,14-15H,5-10H2,1-4H3. The number of aryl methyl sites for hydroxylation is 2. The quantitative estimate of drug-likeness (QED) is 0.687. The minimum atomic E-state index is 0.426. The zero-order valence-electron chi connectivity index (χ0n) is 12.2. The number of ether oxygens (including phenoxy) is 1. The highest BCUT2D eigenvalue weighted by atomic mass is 16.5. The molecular weight excluding hydrogens is 226 g/mol. The molecule has 1 aromatic heterocycles. The molecule has 0 aliphatic heterocycles. The van der Waals surface area contributed by atoms with Gasteiger partial charge in [-0.2, -0.15) is 5.10 Å². The zero-order valence-corrected chi connectivity index (χ0v) is 12.2. The van der Waals surface area contributed by atoms with Crippen LogP contribution in [-0.4, -0.2) is 30.0 Å². The number of rotatable bonds is 9. The van der Waals surface area contributed by atoms with Crippen molar-refractivity contribution >= 4 is 0 Å². The summed E-state index contributed by atoms with van der Waals surface area (Å²) in [5.41, 5.74) is 2.58. The summed E-state index contributed by atoms with van der Waals surface area (Å²) in [5, 5.41) is 8.10. The van der Waals surface area contributed by atoms with E-state index in [2.05, 4.69) is 30.5 Å². The van der Waals surface area contributed by atoms with Gasteiger partial charge in [0.1, 0.15) is 0 Å². The molecule has 1 aromatic rings. The molecule has 1 atom stereocenters. The summed E-state index contributed by atoms with van der Waals surface area (Å²) < 4.78 is 7.03. The van der Waals surface area contributed by atoms with E-state index in [1.165, 1.54) is 17.7 Å². The van der Waals surface area contributed by atoms with E-state index in [0.29, 0.717) is 6.04 Å². The molecule has 104 valence electrons. The monoisotopic (exact) mass is 253 g/mol. The molecule has 0 aliphatic rings. The Hall–Kier alpha value is -0.870. The van der Waals surface area contributed by atoms with E-state index in [4.69, 9.17) is 4.74 Å². The van der Waals surface area contributed by atoms with Crippen LogP contribution >= 0.6 is 0 Å². The minimum Gasteiger partial charge on any atom is -0.385 e. The van der Waals surface area contributed by atoms with E-state index in [-0.39, 0.29) is 0 Å². The van der Waals surface area contributed by atoms with E-state index in [0.717, 1.165) is 32.4 Å². The summed E-state index contributed by atoms with van der Waals surface area (Å²) in [6.07, 6.45) is 6.61. The SMILES string of the molecule is CCNC(CCCCOC)c1cn(C)nc1CC. The second-order valence-corrected chi connectivity index (χ2v) is 4.66. The summed E-state index contributed by atoms with van der Waals surface area (Å²) in [4.78, 5) is 0. The summed E-state index contributed by atoms with van der Waals surface area (Å²) in [6.45, 7) is 6.17. The van der Waals surface area contributed by atoms with Gasteiger partial charge in [-0.15, -0.1) is 0 Å². The van der Waals surface area contributed by atoms with Gasteiger partial charge in [0.15, 0.2) is 0 Å². The molecule has 0 saturated carbocycles. The van der Waals surface area contributed by atoms with Crippen molar-refractivity contribution in [1.82, 2.24) is 15.1 Å². The maximum atomic E-state index is 5.10. The third-order valence-corrected chi connectivity index (χ3v) is 3.19. The molecule has 1 heterocycles. The topological polar surface area (TPSA) is 39.1 Å². The number of nitrogens with zero attached hydrogens (tertiary/aromatic N) is 2. The molecule has 0 amide bonds. The Balaban J connectivity index is 2.64. The maximum absolute atomic E-state index is 5.10. The van der Waals surface area contributed by atoms with Gasteiger partial charge in [0.2, 0.25) is 0 Å². The zero-order chi connectivity index (χ0) is 13.4. The number of unbranched alkanes of at least 4 members (excludes halogenated alkanes) is 1. The third-order valence-electron chi connectivity index (χ3n) is 3.19. The van der Waals surface area contributed by atoms with Crippen LogP contribution < -0.4 is 5.32 Å². The second kappa shape index (κ2) is 8.27. The molecule has 0 bridgehead atoms. The van der Waals surface area contributed by atoms with Crippen LogP contribution in [0.15, 0.2) is 6.20 Å². The molecule has 18 heavy (non-hydrogen) atoms. The molecule has 0 spiro atoms. The van der Waals surface area contributed by atoms with Crippen LogP contribution in [-0.2, 0) is 18.2 Å². The van der Waals surface area contributed by atoms with Crippen LogP contribution in [0.1, 0.15) is 50.4 Å². The van der Waals surface area contributed by atoms with Crippen molar-refractivity contribution in [2.75, 3.05) is 20.3 Å². The van der Waals surface area contributed by atoms with Gasteiger partial charge in [-0.1, -0.05) is 13.8 Å². The highest BCUT2D eigenvalue weighted by Crippen LogP contribution is 2.22. The van der Waals surface area contributed by atoms with Crippen LogP contribution in [0, 0.1) is 0 Å². The van der Waals surface area contributed by atoms with Crippen LogP contribution in [0.3, 0.4) is 0 Å². The predicted molar refractivity (Wildman–Crippen MR) is 74.7 cm³/mol. The van der Waals surface area contributed by atoms with Crippen molar-refractivity contribution in [3.8, 4) is 0 Å². The molecule has 0 radical (unpaired) electrons. The van der Waals surface area contributed by atoms with Crippen molar-refractivity contribution in [3.05, 3.63) is 17.5 Å². The number of methoxy groups -OCH3 is 1. The van der Waals surface area contributed by atoms with Gasteiger partial charge in [0.05, 0.1) is 5.69 Å². The van der Waals surface area contributed by atoms with E-state index in [1.807, 2.05) is 11.7 Å². The first-order valence-electron chi connectivity index (χ1n) is 6.97. The fraction of sp³-hybridized carbons (Fsp3) is 0.786. The van der Waals surface area contributed by atoms with E-state index < -0.39 is 0 Å². The van der Waals surface area contributed by atoms with E-state index in [1.54, 1.807) is 7.11 Å². The van der Waals surface area contributed by atoms with Crippen molar-refractivity contribution in [1.29, 1.82) is 0 Å². The third kappa shape index (κ3) is 4.42. The normalized spacial score (nSPS) is 12.9. The van der Waals surface area contributed by atoms with Crippen molar-refractivity contribution in [3.63, 3.8) is 0 Å². The summed E-state index contributed by atoms with van der Waals surface area (Å²) >= 11 is 0. The molecule has 0 aliphatic carbocycles. The molecule has 4 heteroatoms. The lowest BCUT2D eigenvalue weighted by atomic mass is 10.0. The molecule has 1 unspecified atom stereocenters. The van der Waals surface area contributed by atoms with Gasteiger partial charge in [0.25, 0.3) is 0 Å². The lowest BCUT2D eigenvalue weighted by Gasteiger charge is -2.17. The summed E-state index contributed by atoms with van der Waals surface area (Å²) in [5.74, 6) is 0. The van der Waals surface area contributed by atoms with Gasteiger partial charge in [-0.05, 0) is 32.2 Å². The van der Waals surface area contributed by atoms with Crippen LogP contribution in [0.5, 0.6) is 0 Å². The summed E-state index contributed by atoms with van der Waals surface area (Å²) in [6, 6.07) is 0.426. The van der Waals surface area contributed by atoms with Gasteiger partial charge in [0, 0.05) is 38.6 Å². The summed E-state index contributed by atoms with van der Waals surface area (Å²) in [7, 11) is 3.76. The Morgan fingerprint density at radius 3 is 2.78 bits per heavy atom. The first-order valence-corrected chi connectivity index (χ1v) is 6.97. The number of aromatic nitrogens is 2. The van der Waals surface area contributed by atoms with E-state index >= 15 is 0 Å². The van der Waals surface area contributed by atoms with Gasteiger partial charge < -0.3 is 10.1 Å². The number of hydrogen-bond donors (Lipinski definition) is 1. The number of hydrogen-bond acceptors (Lipinski definition) is 3. The molecule has 1 N–H and O–H groups in total. The Kier molecular flexibility index (Phi) is 6.98. The molecule has 1 rings (SSSR count). The average Bonchev–Trinajstić information content (AvgIpc) is 2.74. The Bertz CT molecular complexity index is 336. The minimum absolute atomic E-state index is 0.426. The highest BCUT2D eigenvalue weighted by molar-refractivity contribution is 5.21. The van der Waals surface area contributed by atoms with Crippen LogP contribution in [0.2, 0.25) is 0 Å². The smallest absolute Gasteiger partial charge is 0.0669 e. The first-order chi connectivity index (χ1) is 8.72. The first kappa shape index (κ1) is 15.2. The van der Waals surface area contributed by atoms with Crippen molar-refractivity contribution < 1.29 is 4.74 Å². The second-order valence-electron chi connectivity index (χ2n) is 4.66. The fourth-order valence-corrected chi connectivity index (χ4v) is 2.33. The van der Waals surface area contributed by atoms with Crippen LogP contribution in [0.25, 0.3) is 0 Å². The molecular formula is C14H27N3O. The lowest BCUT2D eigenvalue weighted by Crippen LogP contribution is -2.21. The van der Waals surface area contributed by atoms with Gasteiger partial charge >= 0.3 is 0 Å². The number of nitrogens with one attached hydrogen (secondary N) is 1. The molecule has 0 fully saturated rings. The van der Waals surface area contributed by atoms with E-state index in [9.17, 15) is 0 Å². The van der Waals surface area contributed by atoms with Gasteiger partial charge in [-0.3, -0.25) is 4.68 Å². The fourth-order valence-electron chi connectivity index (χ4n) is 2.33. The molecule has 0 saturated heterocycles. The Morgan fingerprint density at radius 1 is 1.39 bits per heavy atom. The highest BCUT2D eigenvalue weighted by Gasteiger charge is 2.16. The maximum Gasteiger partial charge on any atom is 0.0669 e. The van der Waals surface area contributed by atoms with Crippen LogP contribution in [0.4, 0.5) is 0 Å². The lowest BCUT2D eigenvalue weighted by molar-refractivity contribution is 0.191. The van der Waals surface area contributed by atoms with Crippen molar-refractivity contribution in [2.24, 2.45) is 7.05 Å². The average molecular weight is 253 g/mol. The largest absolute Gasteiger partial charge is 0.385 e. The molecule has 0 aromatic carbocycles. The van der Waals surface area contributed by atoms with Gasteiger partial charge in [-0.25, -0.2) is 0 Å². The molecule has 4 nitrogen and oxygen atoms in total. The Labute approximate surface area is 111 Å².